The summed E-state index contributed by atoms with van der Waals surface area (Å²) in [5.41, 5.74) is 3.25. The molecule has 1 saturated heterocycles. The Morgan fingerprint density at radius 2 is 1.76 bits per heavy atom. The van der Waals surface area contributed by atoms with E-state index in [9.17, 15) is 13.2 Å². The number of nitrogens with zero attached hydrogens (tertiary/aromatic N) is 2. The van der Waals surface area contributed by atoms with Crippen LogP contribution in [-0.4, -0.2) is 49.3 Å². The second-order valence-electron chi connectivity index (χ2n) is 7.92. The van der Waals surface area contributed by atoms with Crippen molar-refractivity contribution in [2.24, 2.45) is 4.99 Å². The quantitative estimate of drug-likeness (QED) is 0.258. The third-order valence-corrected chi connectivity index (χ3v) is 5.26. The van der Waals surface area contributed by atoms with Crippen LogP contribution in [0.25, 0.3) is 0 Å². The summed E-state index contributed by atoms with van der Waals surface area (Å²) >= 11 is 0. The van der Waals surface area contributed by atoms with E-state index in [1.54, 1.807) is 0 Å². The van der Waals surface area contributed by atoms with E-state index in [0.29, 0.717) is 51.8 Å². The maximum atomic E-state index is 12.6. The van der Waals surface area contributed by atoms with E-state index in [1.807, 2.05) is 61.5 Å². The van der Waals surface area contributed by atoms with E-state index < -0.39 is 12.7 Å². The molecule has 1 atom stereocenters. The van der Waals surface area contributed by atoms with Crippen molar-refractivity contribution < 1.29 is 17.9 Å². The Morgan fingerprint density at radius 1 is 1.06 bits per heavy atom. The van der Waals surface area contributed by atoms with Crippen molar-refractivity contribution in [2.75, 3.05) is 26.2 Å². The van der Waals surface area contributed by atoms with Crippen LogP contribution in [0, 0.1) is 0 Å². The van der Waals surface area contributed by atoms with Crippen molar-refractivity contribution in [3.8, 4) is 0 Å². The number of hydrogen-bond donors (Lipinski definition) is 2. The Kier molecular flexibility index (Phi) is 11.4. The Balaban J connectivity index is 0.00000385. The van der Waals surface area contributed by atoms with E-state index in [1.165, 1.54) is 4.90 Å². The molecule has 0 aromatic heterocycles. The number of benzene rings is 2. The zero-order chi connectivity index (χ0) is 22.8. The van der Waals surface area contributed by atoms with Gasteiger partial charge in [-0.15, -0.1) is 24.0 Å². The lowest BCUT2D eigenvalue weighted by atomic mass is 10.1. The topological polar surface area (TPSA) is 48.9 Å². The minimum absolute atomic E-state index is 0. The Morgan fingerprint density at radius 3 is 2.45 bits per heavy atom. The molecule has 0 saturated carbocycles. The van der Waals surface area contributed by atoms with Crippen LogP contribution in [0.1, 0.15) is 30.0 Å². The molecule has 1 aliphatic heterocycles. The second kappa shape index (κ2) is 13.8. The molecular weight excluding hydrogens is 544 g/mol. The Hall–Kier alpha value is -1.85. The summed E-state index contributed by atoms with van der Waals surface area (Å²) in [4.78, 5) is 6.10. The van der Waals surface area contributed by atoms with E-state index in [-0.39, 0.29) is 30.0 Å². The number of nitrogens with one attached hydrogen (secondary N) is 2. The van der Waals surface area contributed by atoms with Crippen molar-refractivity contribution in [1.82, 2.24) is 15.5 Å². The molecule has 2 aromatic carbocycles. The molecule has 0 bridgehead atoms. The van der Waals surface area contributed by atoms with Crippen LogP contribution in [0.4, 0.5) is 13.2 Å². The lowest BCUT2D eigenvalue weighted by Crippen LogP contribution is -2.45. The summed E-state index contributed by atoms with van der Waals surface area (Å²) in [5, 5.41) is 6.48. The van der Waals surface area contributed by atoms with Gasteiger partial charge in [0.05, 0.1) is 26.3 Å². The minimum Gasteiger partial charge on any atom is -0.372 e. The van der Waals surface area contributed by atoms with Gasteiger partial charge in [-0.05, 0) is 30.0 Å². The molecule has 1 unspecified atom stereocenters. The second-order valence-corrected chi connectivity index (χ2v) is 7.92. The fourth-order valence-electron chi connectivity index (χ4n) is 3.73. The average molecular weight is 576 g/mol. The minimum atomic E-state index is -4.17. The first-order valence-electron chi connectivity index (χ1n) is 11.0. The molecule has 0 radical (unpaired) electrons. The standard InChI is InChI=1S/C24H31F3N4O.HI/c1-2-28-23(30-22-12-13-31(15-22)18-24(25,26)27)29-14-20-10-6-7-11-21(20)17-32-16-19-8-4-3-5-9-19;/h3-11,22H,2,12-18H2,1H3,(H2,28,29,30);1H. The molecule has 0 amide bonds. The molecule has 33 heavy (non-hydrogen) atoms. The number of guanidine groups is 1. The van der Waals surface area contributed by atoms with Gasteiger partial charge >= 0.3 is 6.18 Å². The van der Waals surface area contributed by atoms with Gasteiger partial charge in [0.15, 0.2) is 5.96 Å². The van der Waals surface area contributed by atoms with Gasteiger partial charge in [-0.2, -0.15) is 13.2 Å². The first kappa shape index (κ1) is 27.4. The molecule has 3 rings (SSSR count). The fraction of sp³-hybridized carbons (Fsp3) is 0.458. The van der Waals surface area contributed by atoms with Gasteiger partial charge in [-0.3, -0.25) is 4.90 Å². The summed E-state index contributed by atoms with van der Waals surface area (Å²) in [6, 6.07) is 18.0. The number of ether oxygens (including phenoxy) is 1. The van der Waals surface area contributed by atoms with Gasteiger partial charge in [0, 0.05) is 25.7 Å². The molecule has 1 heterocycles. The monoisotopic (exact) mass is 576 g/mol. The lowest BCUT2D eigenvalue weighted by Gasteiger charge is -2.20. The number of likely N-dealkylation sites (tertiary alicyclic amines) is 1. The van der Waals surface area contributed by atoms with Gasteiger partial charge in [0.1, 0.15) is 0 Å². The van der Waals surface area contributed by atoms with Crippen molar-refractivity contribution in [3.05, 3.63) is 71.3 Å². The number of rotatable bonds is 9. The number of halogens is 4. The molecule has 9 heteroatoms. The maximum absolute atomic E-state index is 12.6. The SMILES string of the molecule is CCNC(=NCc1ccccc1COCc1ccccc1)NC1CCN(CC(F)(F)F)C1.I. The van der Waals surface area contributed by atoms with E-state index in [0.717, 1.165) is 16.7 Å². The van der Waals surface area contributed by atoms with Gasteiger partial charge in [-0.1, -0.05) is 54.6 Å². The molecule has 2 aromatic rings. The highest BCUT2D eigenvalue weighted by molar-refractivity contribution is 14.0. The van der Waals surface area contributed by atoms with Crippen molar-refractivity contribution >= 4 is 29.9 Å². The molecule has 1 fully saturated rings. The Labute approximate surface area is 210 Å². The van der Waals surface area contributed by atoms with E-state index in [4.69, 9.17) is 4.74 Å². The van der Waals surface area contributed by atoms with Crippen molar-refractivity contribution in [2.45, 2.75) is 45.3 Å². The molecule has 1 aliphatic rings. The van der Waals surface area contributed by atoms with Crippen LogP contribution in [0.15, 0.2) is 59.6 Å². The van der Waals surface area contributed by atoms with Crippen molar-refractivity contribution in [3.63, 3.8) is 0 Å². The highest BCUT2D eigenvalue weighted by Crippen LogP contribution is 2.20. The summed E-state index contributed by atoms with van der Waals surface area (Å²) in [7, 11) is 0. The number of alkyl halides is 3. The predicted molar refractivity (Wildman–Crippen MR) is 136 cm³/mol. The van der Waals surface area contributed by atoms with Crippen LogP contribution >= 0.6 is 24.0 Å². The molecular formula is C24H32F3IN4O. The fourth-order valence-corrected chi connectivity index (χ4v) is 3.73. The van der Waals surface area contributed by atoms with Gasteiger partial charge in [-0.25, -0.2) is 4.99 Å². The molecule has 182 valence electrons. The highest BCUT2D eigenvalue weighted by Gasteiger charge is 2.34. The average Bonchev–Trinajstić information content (AvgIpc) is 3.18. The largest absolute Gasteiger partial charge is 0.401 e. The van der Waals surface area contributed by atoms with Crippen LogP contribution < -0.4 is 10.6 Å². The molecule has 0 aliphatic carbocycles. The maximum Gasteiger partial charge on any atom is 0.401 e. The normalized spacial score (nSPS) is 17.0. The lowest BCUT2D eigenvalue weighted by molar-refractivity contribution is -0.143. The third kappa shape index (κ3) is 9.89. The third-order valence-electron chi connectivity index (χ3n) is 5.26. The van der Waals surface area contributed by atoms with Crippen LogP contribution in [0.2, 0.25) is 0 Å². The van der Waals surface area contributed by atoms with Crippen LogP contribution in [-0.2, 0) is 24.5 Å². The summed E-state index contributed by atoms with van der Waals surface area (Å²) < 4.78 is 43.8. The van der Waals surface area contributed by atoms with Crippen LogP contribution in [0.5, 0.6) is 0 Å². The predicted octanol–water partition coefficient (Wildman–Crippen LogP) is 4.71. The first-order chi connectivity index (χ1) is 15.4. The van der Waals surface area contributed by atoms with Crippen LogP contribution in [0.3, 0.4) is 0 Å². The highest BCUT2D eigenvalue weighted by atomic mass is 127. The van der Waals surface area contributed by atoms with Gasteiger partial charge in [0.25, 0.3) is 0 Å². The first-order valence-corrected chi connectivity index (χ1v) is 11.0. The molecule has 5 nitrogen and oxygen atoms in total. The summed E-state index contributed by atoms with van der Waals surface area (Å²) in [6.07, 6.45) is -3.51. The smallest absolute Gasteiger partial charge is 0.372 e. The Bertz CT molecular complexity index is 864. The van der Waals surface area contributed by atoms with Gasteiger partial charge in [0.2, 0.25) is 0 Å². The zero-order valence-corrected chi connectivity index (χ0v) is 21.1. The molecule has 0 spiro atoms. The molecule has 2 N–H and O–H groups in total. The van der Waals surface area contributed by atoms with Gasteiger partial charge < -0.3 is 15.4 Å². The summed E-state index contributed by atoms with van der Waals surface area (Å²) in [5.74, 6) is 0.617. The van der Waals surface area contributed by atoms with E-state index >= 15 is 0 Å². The summed E-state index contributed by atoms with van der Waals surface area (Å²) in [6.45, 7) is 4.04. The van der Waals surface area contributed by atoms with Crippen molar-refractivity contribution in [1.29, 1.82) is 0 Å². The van der Waals surface area contributed by atoms with E-state index in [2.05, 4.69) is 15.6 Å². The zero-order valence-electron chi connectivity index (χ0n) is 18.8. The number of aliphatic imine (C=N–C) groups is 1. The number of hydrogen-bond acceptors (Lipinski definition) is 3.